The molecule has 0 aliphatic heterocycles. The van der Waals surface area contributed by atoms with E-state index in [1.165, 1.54) is 16.9 Å². The van der Waals surface area contributed by atoms with Crippen molar-refractivity contribution in [1.29, 1.82) is 0 Å². The lowest BCUT2D eigenvalue weighted by Crippen LogP contribution is -1.91. The van der Waals surface area contributed by atoms with E-state index in [9.17, 15) is 0 Å². The maximum Gasteiger partial charge on any atom is 0.147 e. The Bertz CT molecular complexity index is 738. The van der Waals surface area contributed by atoms with Gasteiger partial charge in [0.05, 0.1) is 0 Å². The SMILES string of the molecule is Cc1cc(Br)cc(-c2nnc(C(Cl)c3ccccc3)s2)c1. The number of rotatable bonds is 3. The molecule has 0 saturated carbocycles. The van der Waals surface area contributed by atoms with Crippen molar-refractivity contribution in [2.75, 3.05) is 0 Å². The Hall–Kier alpha value is -1.23. The van der Waals surface area contributed by atoms with Gasteiger partial charge in [0.25, 0.3) is 0 Å². The van der Waals surface area contributed by atoms with E-state index < -0.39 is 0 Å². The smallest absolute Gasteiger partial charge is 0.141 e. The number of nitrogens with zero attached hydrogens (tertiary/aromatic N) is 2. The van der Waals surface area contributed by atoms with Gasteiger partial charge in [0.15, 0.2) is 0 Å². The first-order valence-electron chi connectivity index (χ1n) is 6.43. The Morgan fingerprint density at radius 2 is 1.86 bits per heavy atom. The van der Waals surface area contributed by atoms with Crippen LogP contribution in [0.2, 0.25) is 0 Å². The van der Waals surface area contributed by atoms with Crippen molar-refractivity contribution in [1.82, 2.24) is 10.2 Å². The van der Waals surface area contributed by atoms with Crippen molar-refractivity contribution >= 4 is 38.9 Å². The van der Waals surface area contributed by atoms with Crippen LogP contribution in [0.4, 0.5) is 0 Å². The summed E-state index contributed by atoms with van der Waals surface area (Å²) < 4.78 is 1.04. The fourth-order valence-electron chi connectivity index (χ4n) is 2.08. The minimum Gasteiger partial charge on any atom is -0.141 e. The number of aryl methyl sites for hydroxylation is 1. The van der Waals surface area contributed by atoms with E-state index in [-0.39, 0.29) is 5.38 Å². The number of aromatic nitrogens is 2. The van der Waals surface area contributed by atoms with Crippen LogP contribution in [0.25, 0.3) is 10.6 Å². The molecule has 0 aliphatic carbocycles. The van der Waals surface area contributed by atoms with Crippen LogP contribution >= 0.6 is 38.9 Å². The van der Waals surface area contributed by atoms with Gasteiger partial charge < -0.3 is 0 Å². The molecule has 1 heterocycles. The zero-order valence-electron chi connectivity index (χ0n) is 11.3. The Kier molecular flexibility index (Phi) is 4.38. The Labute approximate surface area is 140 Å². The molecule has 5 heteroatoms. The van der Waals surface area contributed by atoms with E-state index in [1.807, 2.05) is 36.4 Å². The van der Waals surface area contributed by atoms with E-state index in [1.54, 1.807) is 0 Å². The summed E-state index contributed by atoms with van der Waals surface area (Å²) >= 11 is 11.5. The molecule has 1 unspecified atom stereocenters. The third-order valence-electron chi connectivity index (χ3n) is 3.04. The number of hydrogen-bond acceptors (Lipinski definition) is 3. The van der Waals surface area contributed by atoms with Crippen molar-refractivity contribution in [3.63, 3.8) is 0 Å². The van der Waals surface area contributed by atoms with Crippen LogP contribution in [0.5, 0.6) is 0 Å². The molecule has 106 valence electrons. The summed E-state index contributed by atoms with van der Waals surface area (Å²) in [5, 5.41) is 9.97. The molecular formula is C16H12BrClN2S. The lowest BCUT2D eigenvalue weighted by Gasteiger charge is -2.04. The molecule has 0 radical (unpaired) electrons. The first-order valence-corrected chi connectivity index (χ1v) is 8.48. The molecule has 2 aromatic carbocycles. The fourth-order valence-corrected chi connectivity index (χ4v) is 3.85. The van der Waals surface area contributed by atoms with Crippen LogP contribution in [0.15, 0.2) is 53.0 Å². The van der Waals surface area contributed by atoms with Gasteiger partial charge >= 0.3 is 0 Å². The fraction of sp³-hybridized carbons (Fsp3) is 0.125. The van der Waals surface area contributed by atoms with Crippen LogP contribution < -0.4 is 0 Å². The Balaban J connectivity index is 1.93. The molecule has 1 aromatic heterocycles. The van der Waals surface area contributed by atoms with Gasteiger partial charge in [-0.3, -0.25) is 0 Å². The summed E-state index contributed by atoms with van der Waals surface area (Å²) in [6.07, 6.45) is 0. The van der Waals surface area contributed by atoms with E-state index in [0.29, 0.717) is 0 Å². The van der Waals surface area contributed by atoms with Crippen molar-refractivity contribution in [2.24, 2.45) is 0 Å². The van der Waals surface area contributed by atoms with E-state index in [0.717, 1.165) is 25.6 Å². The van der Waals surface area contributed by atoms with Crippen molar-refractivity contribution in [3.8, 4) is 10.6 Å². The lowest BCUT2D eigenvalue weighted by molar-refractivity contribution is 0.988. The highest BCUT2D eigenvalue weighted by molar-refractivity contribution is 9.10. The number of halogens is 2. The molecule has 0 N–H and O–H groups in total. The first kappa shape index (κ1) is 14.7. The van der Waals surface area contributed by atoms with Gasteiger partial charge in [-0.2, -0.15) is 0 Å². The molecule has 0 amide bonds. The average molecular weight is 380 g/mol. The predicted molar refractivity (Wildman–Crippen MR) is 91.9 cm³/mol. The molecule has 0 fully saturated rings. The molecule has 3 aromatic rings. The monoisotopic (exact) mass is 378 g/mol. The predicted octanol–water partition coefficient (Wildman–Crippen LogP) is 5.60. The highest BCUT2D eigenvalue weighted by atomic mass is 79.9. The highest BCUT2D eigenvalue weighted by Gasteiger charge is 2.17. The van der Waals surface area contributed by atoms with Gasteiger partial charge in [-0.15, -0.1) is 21.8 Å². The third-order valence-corrected chi connectivity index (χ3v) is 5.12. The zero-order valence-corrected chi connectivity index (χ0v) is 14.4. The maximum absolute atomic E-state index is 6.49. The van der Waals surface area contributed by atoms with Gasteiger partial charge in [0.2, 0.25) is 0 Å². The van der Waals surface area contributed by atoms with Gasteiger partial charge in [-0.25, -0.2) is 0 Å². The van der Waals surface area contributed by atoms with Crippen LogP contribution in [-0.4, -0.2) is 10.2 Å². The standard InChI is InChI=1S/C16H12BrClN2S/c1-10-7-12(9-13(17)8-10)15-19-20-16(21-15)14(18)11-5-3-2-4-6-11/h2-9,14H,1H3. The van der Waals surface area contributed by atoms with Gasteiger partial charge in [0, 0.05) is 10.0 Å². The summed E-state index contributed by atoms with van der Waals surface area (Å²) in [5.74, 6) is 0. The molecule has 1 atom stereocenters. The quantitative estimate of drug-likeness (QED) is 0.553. The van der Waals surface area contributed by atoms with Crippen molar-refractivity contribution < 1.29 is 0 Å². The topological polar surface area (TPSA) is 25.8 Å². The molecule has 0 spiro atoms. The Morgan fingerprint density at radius 1 is 1.10 bits per heavy atom. The summed E-state index contributed by atoms with van der Waals surface area (Å²) in [5.41, 5.74) is 3.27. The minimum atomic E-state index is -0.259. The van der Waals surface area contributed by atoms with Gasteiger partial charge in [-0.1, -0.05) is 57.6 Å². The van der Waals surface area contributed by atoms with Gasteiger partial charge in [0.1, 0.15) is 15.4 Å². The van der Waals surface area contributed by atoms with Crippen LogP contribution in [0, 0.1) is 6.92 Å². The molecule has 0 aliphatic rings. The second-order valence-corrected chi connectivity index (χ2v) is 7.10. The van der Waals surface area contributed by atoms with Crippen LogP contribution in [0.3, 0.4) is 0 Å². The van der Waals surface area contributed by atoms with Crippen molar-refractivity contribution in [3.05, 3.63) is 69.1 Å². The lowest BCUT2D eigenvalue weighted by atomic mass is 10.1. The average Bonchev–Trinajstić information content (AvgIpc) is 2.96. The van der Waals surface area contributed by atoms with Crippen LogP contribution in [-0.2, 0) is 0 Å². The van der Waals surface area contributed by atoms with Crippen LogP contribution in [0.1, 0.15) is 21.5 Å². The van der Waals surface area contributed by atoms with Gasteiger partial charge in [-0.05, 0) is 36.2 Å². The third kappa shape index (κ3) is 3.34. The Morgan fingerprint density at radius 3 is 2.57 bits per heavy atom. The molecule has 3 rings (SSSR count). The van der Waals surface area contributed by atoms with E-state index in [2.05, 4.69) is 45.2 Å². The summed E-state index contributed by atoms with van der Waals surface area (Å²) in [6.45, 7) is 2.06. The second-order valence-electron chi connectivity index (χ2n) is 4.74. The zero-order chi connectivity index (χ0) is 14.8. The summed E-state index contributed by atoms with van der Waals surface area (Å²) in [6, 6.07) is 16.1. The first-order chi connectivity index (χ1) is 10.1. The largest absolute Gasteiger partial charge is 0.147 e. The molecule has 2 nitrogen and oxygen atoms in total. The molecular weight excluding hydrogens is 368 g/mol. The number of alkyl halides is 1. The molecule has 21 heavy (non-hydrogen) atoms. The summed E-state index contributed by atoms with van der Waals surface area (Å²) in [7, 11) is 0. The number of benzene rings is 2. The summed E-state index contributed by atoms with van der Waals surface area (Å²) in [4.78, 5) is 0. The van der Waals surface area contributed by atoms with E-state index >= 15 is 0 Å². The van der Waals surface area contributed by atoms with E-state index in [4.69, 9.17) is 11.6 Å². The second kappa shape index (κ2) is 6.26. The molecule has 0 saturated heterocycles. The van der Waals surface area contributed by atoms with Crippen molar-refractivity contribution in [2.45, 2.75) is 12.3 Å². The number of hydrogen-bond donors (Lipinski definition) is 0. The minimum absolute atomic E-state index is 0.259. The maximum atomic E-state index is 6.49. The normalized spacial score (nSPS) is 12.3. The molecule has 0 bridgehead atoms. The highest BCUT2D eigenvalue weighted by Crippen LogP contribution is 2.34.